The first-order valence-electron chi connectivity index (χ1n) is 41.0. The second kappa shape index (κ2) is 38.3. The summed E-state index contributed by atoms with van der Waals surface area (Å²) in [6, 6.07) is 16.0. The molecule has 0 aliphatic carbocycles. The van der Waals surface area contributed by atoms with Crippen LogP contribution in [0.25, 0.3) is 0 Å². The van der Waals surface area contributed by atoms with Crippen molar-refractivity contribution in [2.75, 3.05) is 13.1 Å². The standard InChI is InChI=1S/C94H146N4O16/c1-83(2,3)63-51-59(52-64(84(4,5)6)75(63)107-79(103)111-89(19,20)21)39-43-71(99)95-49-37-35-36-38-50-96-72(100)44-40-61-55-67(87(13,14)15)77(109-81(105)113-91(25,26)27)69(57-61)93(31,32)47-48-94(33,34)70-58-62(56-68(88(16,17)18)78(70)110-82(106)114-92(28,29)30)42-46-74(102)98-97-73(101)45-41-60-53-65(85(7,8)9)76(66(54-60)86(10,11)12)108-80(104)112-90(22,23)24/h51-58H,35-50H2,1-34H3,(H,95,99)(H,96,100)(H,97,101)(H,98,102). The molecule has 20 nitrogen and oxygen atoms in total. The van der Waals surface area contributed by atoms with Gasteiger partial charge in [0.15, 0.2) is 0 Å². The summed E-state index contributed by atoms with van der Waals surface area (Å²) in [7, 11) is 0. The second-order valence-electron chi connectivity index (χ2n) is 42.3. The van der Waals surface area contributed by atoms with E-state index in [1.165, 1.54) is 0 Å². The molecule has 4 aromatic carbocycles. The number of ether oxygens (including phenoxy) is 8. The van der Waals surface area contributed by atoms with E-state index < -0.39 is 91.3 Å². The third-order valence-corrected chi connectivity index (χ3v) is 19.2. The average Bonchev–Trinajstić information content (AvgIpc) is 0.776. The predicted molar refractivity (Wildman–Crippen MR) is 455 cm³/mol. The topological polar surface area (TPSA) is 259 Å². The molecule has 0 radical (unpaired) electrons. The number of hydrogen-bond donors (Lipinski definition) is 4. The van der Waals surface area contributed by atoms with Gasteiger partial charge in [-0.3, -0.25) is 30.0 Å². The van der Waals surface area contributed by atoms with Crippen molar-refractivity contribution < 1.29 is 76.3 Å². The summed E-state index contributed by atoms with van der Waals surface area (Å²) < 4.78 is 47.3. The largest absolute Gasteiger partial charge is 0.514 e. The maximum Gasteiger partial charge on any atom is 0.514 e. The van der Waals surface area contributed by atoms with Crippen molar-refractivity contribution in [3.63, 3.8) is 0 Å². The van der Waals surface area contributed by atoms with E-state index in [0.717, 1.165) is 86.9 Å². The van der Waals surface area contributed by atoms with Crippen LogP contribution in [-0.4, -0.2) is 83.7 Å². The van der Waals surface area contributed by atoms with Crippen LogP contribution >= 0.6 is 0 Å². The Labute approximate surface area is 685 Å². The van der Waals surface area contributed by atoms with Gasteiger partial charge in [0.1, 0.15) is 45.4 Å². The molecule has 0 spiro atoms. The third kappa shape index (κ3) is 32.9. The van der Waals surface area contributed by atoms with Crippen LogP contribution in [0.2, 0.25) is 0 Å². The molecule has 4 N–H and O–H groups in total. The first-order chi connectivity index (χ1) is 51.5. The molecule has 4 rings (SSSR count). The van der Waals surface area contributed by atoms with Gasteiger partial charge in [0.05, 0.1) is 0 Å². The van der Waals surface area contributed by atoms with Gasteiger partial charge in [-0.05, 0) is 200 Å². The molecule has 638 valence electrons. The number of rotatable bonds is 28. The van der Waals surface area contributed by atoms with Crippen LogP contribution in [0.3, 0.4) is 0 Å². The SMILES string of the molecule is CC(C)(C)OC(=O)Oc1c(C(C)(C)C)cc(CCC(=O)NCCCCCCNC(=O)CCc2cc(C(C)(C)C)c(OC(=O)OC(C)(C)C)c(C(C)(C)CCC(C)(C)c3cc(CCC(=O)NNC(=O)CCc4cc(C(C)(C)C)c(OC(=O)OC(C)(C)C)c(C(C)(C)C)c4)cc(C(C)(C)C)c3OC(=O)OC(C)(C)C)c2)cc1C(C)(C)C. The normalized spacial score (nSPS) is 13.0. The highest BCUT2D eigenvalue weighted by atomic mass is 16.8. The van der Waals surface area contributed by atoms with Crippen molar-refractivity contribution in [3.05, 3.63) is 115 Å². The zero-order valence-corrected chi connectivity index (χ0v) is 76.5. The molecule has 20 heteroatoms. The van der Waals surface area contributed by atoms with E-state index in [4.69, 9.17) is 37.9 Å². The van der Waals surface area contributed by atoms with Gasteiger partial charge in [0.2, 0.25) is 23.6 Å². The lowest BCUT2D eigenvalue weighted by Crippen LogP contribution is -2.41. The minimum Gasteiger partial charge on any atom is -0.428 e. The minimum atomic E-state index is -0.868. The molecular formula is C94H146N4O16. The number of amides is 4. The van der Waals surface area contributed by atoms with Crippen molar-refractivity contribution in [3.8, 4) is 23.0 Å². The fourth-order valence-corrected chi connectivity index (χ4v) is 13.0. The molecule has 0 bridgehead atoms. The third-order valence-electron chi connectivity index (χ3n) is 19.2. The highest BCUT2D eigenvalue weighted by Gasteiger charge is 2.40. The van der Waals surface area contributed by atoms with Crippen molar-refractivity contribution in [2.24, 2.45) is 0 Å². The predicted octanol–water partition coefficient (Wildman–Crippen LogP) is 21.8. The van der Waals surface area contributed by atoms with E-state index in [-0.39, 0.29) is 48.3 Å². The molecule has 114 heavy (non-hydrogen) atoms. The Morgan fingerprint density at radius 1 is 0.254 bits per heavy atom. The summed E-state index contributed by atoms with van der Waals surface area (Å²) in [6.07, 6.45) is 3.13. The van der Waals surface area contributed by atoms with E-state index >= 15 is 0 Å². The Kier molecular flexibility index (Phi) is 33.0. The minimum absolute atomic E-state index is 0.00257. The van der Waals surface area contributed by atoms with Crippen molar-refractivity contribution in [1.29, 1.82) is 0 Å². The molecule has 0 heterocycles. The zero-order valence-electron chi connectivity index (χ0n) is 76.5. The van der Waals surface area contributed by atoms with Crippen molar-refractivity contribution in [2.45, 2.75) is 391 Å². The Hall–Kier alpha value is -8.16. The molecule has 0 aliphatic rings. The number of hydrogen-bond acceptors (Lipinski definition) is 16. The quantitative estimate of drug-likeness (QED) is 0.0135. The fourth-order valence-electron chi connectivity index (χ4n) is 13.0. The van der Waals surface area contributed by atoms with Gasteiger partial charge in [-0.1, -0.05) is 214 Å². The van der Waals surface area contributed by atoms with E-state index in [9.17, 15) is 38.4 Å². The first-order valence-corrected chi connectivity index (χ1v) is 41.0. The fraction of sp³-hybridized carbons (Fsp3) is 0.660. The van der Waals surface area contributed by atoms with Crippen LogP contribution in [0.5, 0.6) is 23.0 Å². The highest BCUT2D eigenvalue weighted by molar-refractivity contribution is 5.82. The van der Waals surface area contributed by atoms with Crippen molar-refractivity contribution in [1.82, 2.24) is 21.5 Å². The van der Waals surface area contributed by atoms with Crippen LogP contribution in [0.15, 0.2) is 48.5 Å². The molecule has 0 aliphatic heterocycles. The Morgan fingerprint density at radius 2 is 0.439 bits per heavy atom. The molecule has 0 fully saturated rings. The maximum atomic E-state index is 13.9. The van der Waals surface area contributed by atoms with Gasteiger partial charge < -0.3 is 48.5 Å². The van der Waals surface area contributed by atoms with E-state index in [0.29, 0.717) is 80.2 Å². The van der Waals surface area contributed by atoms with Crippen LogP contribution in [0, 0.1) is 0 Å². The summed E-state index contributed by atoms with van der Waals surface area (Å²) in [6.45, 7) is 67.8. The molecule has 4 amide bonds. The summed E-state index contributed by atoms with van der Waals surface area (Å²) in [5, 5.41) is 6.22. The molecule has 0 aromatic heterocycles. The number of benzene rings is 4. The summed E-state index contributed by atoms with van der Waals surface area (Å²) in [5.41, 5.74) is 7.66. The lowest BCUT2D eigenvalue weighted by molar-refractivity contribution is -0.128. The Bertz CT molecular complexity index is 3960. The van der Waals surface area contributed by atoms with Crippen LogP contribution < -0.4 is 40.4 Å². The summed E-state index contributed by atoms with van der Waals surface area (Å²) in [5.74, 6) is 0.735. The number of nitrogens with one attached hydrogen (secondary N) is 4. The van der Waals surface area contributed by atoms with E-state index in [2.05, 4.69) is 111 Å². The van der Waals surface area contributed by atoms with E-state index in [1.54, 1.807) is 83.1 Å². The average molecular weight is 1590 g/mol. The molecule has 0 atom stereocenters. The smallest absolute Gasteiger partial charge is 0.428 e. The number of carbonyl (C=O) groups excluding carboxylic acids is 8. The summed E-state index contributed by atoms with van der Waals surface area (Å²) in [4.78, 5) is 108. The lowest BCUT2D eigenvalue weighted by Gasteiger charge is -2.36. The van der Waals surface area contributed by atoms with E-state index in [1.807, 2.05) is 111 Å². The number of unbranched alkanes of at least 4 members (excludes halogenated alkanes) is 3. The van der Waals surface area contributed by atoms with Crippen LogP contribution in [-0.2, 0) is 107 Å². The molecule has 4 aromatic rings. The van der Waals surface area contributed by atoms with Gasteiger partial charge in [-0.2, -0.15) is 0 Å². The summed E-state index contributed by atoms with van der Waals surface area (Å²) >= 11 is 0. The molecule has 0 saturated carbocycles. The van der Waals surface area contributed by atoms with Crippen LogP contribution in [0.4, 0.5) is 19.2 Å². The van der Waals surface area contributed by atoms with Gasteiger partial charge in [-0.15, -0.1) is 0 Å². The lowest BCUT2D eigenvalue weighted by atomic mass is 9.69. The number of hydrazine groups is 1. The monoisotopic (exact) mass is 1590 g/mol. The Balaban J connectivity index is 1.55. The van der Waals surface area contributed by atoms with Crippen molar-refractivity contribution >= 4 is 48.3 Å². The van der Waals surface area contributed by atoms with Gasteiger partial charge >= 0.3 is 24.6 Å². The molecule has 0 saturated heterocycles. The Morgan fingerprint density at radius 3 is 0.632 bits per heavy atom. The number of aryl methyl sites for hydroxylation is 4. The second-order valence-corrected chi connectivity index (χ2v) is 42.3. The zero-order chi connectivity index (χ0) is 87.3. The first kappa shape index (κ1) is 98.2. The van der Waals surface area contributed by atoms with Gasteiger partial charge in [0.25, 0.3) is 0 Å². The number of carbonyl (C=O) groups is 8. The maximum absolute atomic E-state index is 13.9. The van der Waals surface area contributed by atoms with Gasteiger partial charge in [0, 0.05) is 83.3 Å². The van der Waals surface area contributed by atoms with Crippen LogP contribution in [0.1, 0.15) is 366 Å². The highest BCUT2D eigenvalue weighted by Crippen LogP contribution is 2.49. The molecule has 0 unspecified atom stereocenters. The molecular weight excluding hydrogens is 1440 g/mol. The van der Waals surface area contributed by atoms with Gasteiger partial charge in [-0.25, -0.2) is 19.2 Å².